The van der Waals surface area contributed by atoms with Gasteiger partial charge in [-0.25, -0.2) is 9.50 Å². The van der Waals surface area contributed by atoms with Gasteiger partial charge in [0.15, 0.2) is 5.65 Å². The molecule has 0 radical (unpaired) electrons. The number of hydrogen-bond acceptors (Lipinski definition) is 5. The molecule has 0 aliphatic carbocycles. The summed E-state index contributed by atoms with van der Waals surface area (Å²) in [7, 11) is 0. The molecule has 0 spiro atoms. The number of aliphatic hydroxyl groups excluding tert-OH is 1. The number of hydrogen-bond donors (Lipinski definition) is 2. The van der Waals surface area contributed by atoms with Crippen LogP contribution in [-0.4, -0.2) is 49.3 Å². The minimum atomic E-state index is -0.160. The maximum absolute atomic E-state index is 12.2. The van der Waals surface area contributed by atoms with E-state index >= 15 is 0 Å². The minimum Gasteiger partial charge on any atom is -0.396 e. The molecule has 0 fully saturated rings. The van der Waals surface area contributed by atoms with Crippen LogP contribution in [0.2, 0.25) is 0 Å². The normalized spacial score (nSPS) is 11.8. The summed E-state index contributed by atoms with van der Waals surface area (Å²) in [6.07, 6.45) is 5.50. The molecule has 0 aromatic carbocycles. The summed E-state index contributed by atoms with van der Waals surface area (Å²) >= 11 is 1.81. The maximum atomic E-state index is 12.2. The van der Waals surface area contributed by atoms with Crippen LogP contribution < -0.4 is 5.32 Å². The van der Waals surface area contributed by atoms with E-state index in [1.807, 2.05) is 11.8 Å². The second-order valence-corrected chi connectivity index (χ2v) is 7.90. The fraction of sp³-hybridized carbons (Fsp3) is 0.533. The Labute approximate surface area is 134 Å². The van der Waals surface area contributed by atoms with E-state index in [0.29, 0.717) is 24.2 Å². The van der Waals surface area contributed by atoms with Crippen molar-refractivity contribution in [2.24, 2.45) is 0 Å². The molecular weight excluding hydrogens is 300 g/mol. The van der Waals surface area contributed by atoms with Gasteiger partial charge in [0, 0.05) is 36.0 Å². The molecule has 1 amide bonds. The molecule has 2 N–H and O–H groups in total. The number of nitrogens with zero attached hydrogens (tertiary/aromatic N) is 3. The van der Waals surface area contributed by atoms with Crippen molar-refractivity contribution in [3.05, 3.63) is 29.7 Å². The topological polar surface area (TPSA) is 79.5 Å². The van der Waals surface area contributed by atoms with Crippen LogP contribution in [-0.2, 0) is 6.42 Å². The number of aliphatic hydroxyl groups is 1. The monoisotopic (exact) mass is 322 g/mol. The predicted molar refractivity (Wildman–Crippen MR) is 88.3 cm³/mol. The van der Waals surface area contributed by atoms with Crippen LogP contribution in [0.15, 0.2) is 18.6 Å². The van der Waals surface area contributed by atoms with Gasteiger partial charge in [-0.15, -0.1) is 0 Å². The molecule has 2 aromatic rings. The van der Waals surface area contributed by atoms with E-state index in [1.54, 1.807) is 16.9 Å². The molecule has 120 valence electrons. The number of thioether (sulfide) groups is 1. The van der Waals surface area contributed by atoms with Crippen molar-refractivity contribution in [3.8, 4) is 0 Å². The van der Waals surface area contributed by atoms with Crippen LogP contribution >= 0.6 is 11.8 Å². The molecule has 7 heteroatoms. The first-order valence-corrected chi connectivity index (χ1v) is 8.24. The van der Waals surface area contributed by atoms with Crippen molar-refractivity contribution < 1.29 is 9.90 Å². The molecule has 2 rings (SSSR count). The molecule has 0 atom stereocenters. The third-order valence-electron chi connectivity index (χ3n) is 2.98. The minimum absolute atomic E-state index is 0.0627. The van der Waals surface area contributed by atoms with Crippen LogP contribution in [0, 0.1) is 0 Å². The van der Waals surface area contributed by atoms with Crippen LogP contribution in [0.4, 0.5) is 0 Å². The maximum Gasteiger partial charge on any atom is 0.256 e. The first-order valence-electron chi connectivity index (χ1n) is 7.26. The molecule has 2 aromatic heterocycles. The molecule has 0 saturated carbocycles. The summed E-state index contributed by atoms with van der Waals surface area (Å²) in [5, 5.41) is 16.0. The number of amides is 1. The quantitative estimate of drug-likeness (QED) is 0.788. The van der Waals surface area contributed by atoms with Gasteiger partial charge >= 0.3 is 0 Å². The van der Waals surface area contributed by atoms with E-state index in [1.165, 1.54) is 6.20 Å². The number of carbonyl (C=O) groups excluding carboxylic acids is 1. The smallest absolute Gasteiger partial charge is 0.256 e. The standard InChI is InChI=1S/C15H22N4O2S/c1-15(2,3)22-7-5-16-14(21)12-9-18-19-10-11(4-6-20)8-17-13(12)19/h8-10,20H,4-7H2,1-3H3,(H,16,21). The van der Waals surface area contributed by atoms with Crippen LogP contribution in [0.3, 0.4) is 0 Å². The van der Waals surface area contributed by atoms with Gasteiger partial charge in [-0.2, -0.15) is 16.9 Å². The van der Waals surface area contributed by atoms with Crippen LogP contribution in [0.5, 0.6) is 0 Å². The number of aromatic nitrogens is 3. The molecule has 0 aliphatic rings. The first-order chi connectivity index (χ1) is 10.4. The summed E-state index contributed by atoms with van der Waals surface area (Å²) in [4.78, 5) is 16.5. The Morgan fingerprint density at radius 3 is 2.86 bits per heavy atom. The lowest BCUT2D eigenvalue weighted by molar-refractivity contribution is 0.0957. The molecule has 2 heterocycles. The van der Waals surface area contributed by atoms with E-state index < -0.39 is 0 Å². The molecular formula is C15H22N4O2S. The number of nitrogens with one attached hydrogen (secondary N) is 1. The summed E-state index contributed by atoms with van der Waals surface area (Å²) < 4.78 is 1.77. The molecule has 0 saturated heterocycles. The highest BCUT2D eigenvalue weighted by Crippen LogP contribution is 2.22. The van der Waals surface area contributed by atoms with E-state index in [2.05, 4.69) is 36.2 Å². The zero-order valence-corrected chi connectivity index (χ0v) is 14.0. The lowest BCUT2D eigenvalue weighted by Crippen LogP contribution is -2.27. The van der Waals surface area contributed by atoms with Crippen molar-refractivity contribution in [1.29, 1.82) is 0 Å². The summed E-state index contributed by atoms with van der Waals surface area (Å²) in [5.41, 5.74) is 1.88. The Morgan fingerprint density at radius 1 is 1.41 bits per heavy atom. The highest BCUT2D eigenvalue weighted by molar-refractivity contribution is 8.00. The zero-order chi connectivity index (χ0) is 16.2. The summed E-state index contributed by atoms with van der Waals surface area (Å²) in [6, 6.07) is 0. The largest absolute Gasteiger partial charge is 0.396 e. The van der Waals surface area contributed by atoms with Gasteiger partial charge in [0.2, 0.25) is 0 Å². The third-order valence-corrected chi connectivity index (χ3v) is 4.25. The summed E-state index contributed by atoms with van der Waals surface area (Å²) in [6.45, 7) is 7.13. The van der Waals surface area contributed by atoms with Gasteiger partial charge in [-0.1, -0.05) is 20.8 Å². The fourth-order valence-corrected chi connectivity index (χ4v) is 2.77. The molecule has 0 bridgehead atoms. The molecule has 22 heavy (non-hydrogen) atoms. The average molecular weight is 322 g/mol. The Morgan fingerprint density at radius 2 is 2.18 bits per heavy atom. The van der Waals surface area contributed by atoms with Gasteiger partial charge < -0.3 is 10.4 Å². The van der Waals surface area contributed by atoms with Gasteiger partial charge in [0.25, 0.3) is 5.91 Å². The Bertz CT molecular complexity index is 649. The highest BCUT2D eigenvalue weighted by Gasteiger charge is 2.15. The molecule has 0 unspecified atom stereocenters. The average Bonchev–Trinajstić information content (AvgIpc) is 2.86. The van der Waals surface area contributed by atoms with Gasteiger partial charge in [0.1, 0.15) is 5.56 Å². The summed E-state index contributed by atoms with van der Waals surface area (Å²) in [5.74, 6) is 0.703. The van der Waals surface area contributed by atoms with Crippen molar-refractivity contribution in [2.75, 3.05) is 18.9 Å². The number of carbonyl (C=O) groups is 1. The van der Waals surface area contributed by atoms with Gasteiger partial charge in [0.05, 0.1) is 6.20 Å². The van der Waals surface area contributed by atoms with Crippen molar-refractivity contribution in [1.82, 2.24) is 19.9 Å². The van der Waals surface area contributed by atoms with Crippen molar-refractivity contribution in [2.45, 2.75) is 31.9 Å². The second-order valence-electron chi connectivity index (χ2n) is 5.98. The van der Waals surface area contributed by atoms with Crippen LogP contribution in [0.1, 0.15) is 36.7 Å². The number of fused-ring (bicyclic) bond motifs is 1. The molecule has 0 aliphatic heterocycles. The number of rotatable bonds is 6. The first kappa shape index (κ1) is 16.8. The van der Waals surface area contributed by atoms with Crippen molar-refractivity contribution in [3.63, 3.8) is 0 Å². The second kappa shape index (κ2) is 7.11. The van der Waals surface area contributed by atoms with E-state index in [0.717, 1.165) is 11.3 Å². The van der Waals surface area contributed by atoms with Crippen LogP contribution in [0.25, 0.3) is 5.65 Å². The Hall–Kier alpha value is -1.60. The third kappa shape index (κ3) is 4.45. The molecule has 6 nitrogen and oxygen atoms in total. The predicted octanol–water partition coefficient (Wildman–Crippen LogP) is 1.53. The lowest BCUT2D eigenvalue weighted by Gasteiger charge is -2.17. The Balaban J connectivity index is 1.99. The SMILES string of the molecule is CC(C)(C)SCCNC(=O)c1cnn2cc(CCO)cnc12. The van der Waals surface area contributed by atoms with Gasteiger partial charge in [-0.3, -0.25) is 4.79 Å². The van der Waals surface area contributed by atoms with E-state index in [4.69, 9.17) is 5.11 Å². The van der Waals surface area contributed by atoms with E-state index in [9.17, 15) is 4.79 Å². The van der Waals surface area contributed by atoms with Crippen molar-refractivity contribution >= 4 is 23.3 Å². The highest BCUT2D eigenvalue weighted by atomic mass is 32.2. The fourth-order valence-electron chi connectivity index (χ4n) is 1.95. The zero-order valence-electron chi connectivity index (χ0n) is 13.2. The Kier molecular flexibility index (Phi) is 5.42. The lowest BCUT2D eigenvalue weighted by atomic mass is 10.2. The van der Waals surface area contributed by atoms with E-state index in [-0.39, 0.29) is 17.3 Å². The van der Waals surface area contributed by atoms with Gasteiger partial charge in [-0.05, 0) is 12.0 Å².